The highest BCUT2D eigenvalue weighted by Crippen LogP contribution is 1.99. The van der Waals surface area contributed by atoms with Crippen molar-refractivity contribution in [3.63, 3.8) is 0 Å². The summed E-state index contributed by atoms with van der Waals surface area (Å²) in [5.41, 5.74) is 0. The van der Waals surface area contributed by atoms with Crippen LogP contribution in [0.25, 0.3) is 0 Å². The fraction of sp³-hybridized carbons (Fsp3) is 0.750. The van der Waals surface area contributed by atoms with Gasteiger partial charge in [-0.2, -0.15) is 0 Å². The monoisotopic (exact) mass is 238 g/mol. The summed E-state index contributed by atoms with van der Waals surface area (Å²) in [5, 5.41) is 0. The van der Waals surface area contributed by atoms with E-state index in [0.717, 1.165) is 0 Å². The molecule has 0 rings (SSSR count). The smallest absolute Gasteiger partial charge is 0.000462 e. The van der Waals surface area contributed by atoms with Crippen molar-refractivity contribution >= 4 is 22.6 Å². The molecule has 0 amide bonds. The Labute approximate surface area is 71.9 Å². The predicted octanol–water partition coefficient (Wildman–Crippen LogP) is 3.56. The van der Waals surface area contributed by atoms with Gasteiger partial charge >= 0.3 is 0 Å². The zero-order valence-corrected chi connectivity index (χ0v) is 8.23. The fourth-order valence-electron chi connectivity index (χ4n) is 0.641. The highest BCUT2D eigenvalue weighted by atomic mass is 127. The topological polar surface area (TPSA) is 0 Å². The van der Waals surface area contributed by atoms with E-state index in [1.807, 2.05) is 0 Å². The molecule has 0 bridgehead atoms. The van der Waals surface area contributed by atoms with Gasteiger partial charge in [0.05, 0.1) is 0 Å². The molecule has 54 valence electrons. The number of rotatable bonds is 5. The van der Waals surface area contributed by atoms with Crippen LogP contribution in [0, 0.1) is 0 Å². The minimum absolute atomic E-state index is 1.18. The molecule has 0 nitrogen and oxygen atoms in total. The van der Waals surface area contributed by atoms with Crippen LogP contribution in [0.5, 0.6) is 0 Å². The van der Waals surface area contributed by atoms with Gasteiger partial charge in [0.15, 0.2) is 0 Å². The zero-order chi connectivity index (χ0) is 6.95. The van der Waals surface area contributed by atoms with Crippen LogP contribution in [0.15, 0.2) is 12.2 Å². The second-order valence-corrected chi connectivity index (χ2v) is 3.14. The Hall–Kier alpha value is 0.470. The summed E-state index contributed by atoms with van der Waals surface area (Å²) >= 11 is 2.42. The Kier molecular flexibility index (Phi) is 8.91. The molecule has 0 aliphatic rings. The summed E-state index contributed by atoms with van der Waals surface area (Å²) in [4.78, 5) is 0. The van der Waals surface area contributed by atoms with Crippen LogP contribution < -0.4 is 0 Å². The summed E-state index contributed by atoms with van der Waals surface area (Å²) in [5.74, 6) is 0. The normalized spacial score (nSPS) is 10.9. The fourth-order valence-corrected chi connectivity index (χ4v) is 1.18. The lowest BCUT2D eigenvalue weighted by atomic mass is 10.2. The summed E-state index contributed by atoms with van der Waals surface area (Å²) in [6.45, 7) is 2.18. The third-order valence-electron chi connectivity index (χ3n) is 1.16. The van der Waals surface area contributed by atoms with E-state index in [4.69, 9.17) is 0 Å². The molecule has 0 aromatic heterocycles. The van der Waals surface area contributed by atoms with Crippen molar-refractivity contribution in [2.45, 2.75) is 32.6 Å². The van der Waals surface area contributed by atoms with Crippen molar-refractivity contribution in [3.8, 4) is 0 Å². The SMILES string of the molecule is CC/C=C\CCCCI. The Morgan fingerprint density at radius 1 is 1.22 bits per heavy atom. The molecule has 0 spiro atoms. The highest BCUT2D eigenvalue weighted by Gasteiger charge is 1.80. The first-order valence-electron chi connectivity index (χ1n) is 3.62. The van der Waals surface area contributed by atoms with Crippen LogP contribution in [0.2, 0.25) is 0 Å². The van der Waals surface area contributed by atoms with Gasteiger partial charge in [-0.25, -0.2) is 0 Å². The quantitative estimate of drug-likeness (QED) is 0.297. The number of hydrogen-bond acceptors (Lipinski definition) is 0. The molecule has 0 aromatic carbocycles. The summed E-state index contributed by atoms with van der Waals surface area (Å²) in [7, 11) is 0. The number of hydrogen-bond donors (Lipinski definition) is 0. The summed E-state index contributed by atoms with van der Waals surface area (Å²) in [6, 6.07) is 0. The molecule has 1 heteroatoms. The molecule has 0 radical (unpaired) electrons. The van der Waals surface area contributed by atoms with Gasteiger partial charge in [0.1, 0.15) is 0 Å². The average molecular weight is 238 g/mol. The van der Waals surface area contributed by atoms with Crippen molar-refractivity contribution in [2.75, 3.05) is 4.43 Å². The number of alkyl halides is 1. The maximum atomic E-state index is 2.42. The second-order valence-electron chi connectivity index (χ2n) is 2.06. The van der Waals surface area contributed by atoms with Crippen molar-refractivity contribution in [1.82, 2.24) is 0 Å². The molecule has 0 aromatic rings. The summed E-state index contributed by atoms with van der Waals surface area (Å²) in [6.07, 6.45) is 9.72. The van der Waals surface area contributed by atoms with E-state index in [0.29, 0.717) is 0 Å². The van der Waals surface area contributed by atoms with Gasteiger partial charge in [-0.05, 0) is 30.1 Å². The van der Waals surface area contributed by atoms with Crippen LogP contribution in [0.3, 0.4) is 0 Å². The van der Waals surface area contributed by atoms with Gasteiger partial charge in [-0.1, -0.05) is 41.7 Å². The molecule has 0 unspecified atom stereocenters. The molecule has 0 atom stereocenters. The van der Waals surface area contributed by atoms with Gasteiger partial charge in [0, 0.05) is 0 Å². The zero-order valence-electron chi connectivity index (χ0n) is 6.07. The lowest BCUT2D eigenvalue weighted by molar-refractivity contribution is 0.828. The first-order chi connectivity index (χ1) is 4.41. The molecular weight excluding hydrogens is 223 g/mol. The van der Waals surface area contributed by atoms with E-state index >= 15 is 0 Å². The molecular formula is C8H15I. The number of halogens is 1. The molecule has 0 heterocycles. The van der Waals surface area contributed by atoms with Crippen molar-refractivity contribution < 1.29 is 0 Å². The van der Waals surface area contributed by atoms with Gasteiger partial charge in [0.25, 0.3) is 0 Å². The molecule has 0 fully saturated rings. The van der Waals surface area contributed by atoms with E-state index in [-0.39, 0.29) is 0 Å². The van der Waals surface area contributed by atoms with E-state index in [2.05, 4.69) is 41.7 Å². The van der Waals surface area contributed by atoms with Gasteiger partial charge in [-0.3, -0.25) is 0 Å². The molecule has 0 aliphatic carbocycles. The van der Waals surface area contributed by atoms with E-state index in [9.17, 15) is 0 Å². The van der Waals surface area contributed by atoms with Crippen molar-refractivity contribution in [2.24, 2.45) is 0 Å². The maximum Gasteiger partial charge on any atom is -0.000462 e. The summed E-state index contributed by atoms with van der Waals surface area (Å²) < 4.78 is 1.30. The molecule has 9 heavy (non-hydrogen) atoms. The van der Waals surface area contributed by atoms with Crippen molar-refractivity contribution in [1.29, 1.82) is 0 Å². The average Bonchev–Trinajstić information content (AvgIpc) is 1.89. The van der Waals surface area contributed by atoms with Gasteiger partial charge < -0.3 is 0 Å². The highest BCUT2D eigenvalue weighted by molar-refractivity contribution is 14.1. The first-order valence-corrected chi connectivity index (χ1v) is 5.15. The van der Waals surface area contributed by atoms with Crippen LogP contribution in [-0.4, -0.2) is 4.43 Å². The third-order valence-corrected chi connectivity index (χ3v) is 1.92. The van der Waals surface area contributed by atoms with Crippen LogP contribution in [-0.2, 0) is 0 Å². The Balaban J connectivity index is 2.82. The van der Waals surface area contributed by atoms with E-state index in [1.54, 1.807) is 0 Å². The second kappa shape index (κ2) is 8.47. The van der Waals surface area contributed by atoms with E-state index in [1.165, 1.54) is 30.1 Å². The minimum atomic E-state index is 1.18. The lowest BCUT2D eigenvalue weighted by Gasteiger charge is -1.88. The Morgan fingerprint density at radius 2 is 2.00 bits per heavy atom. The molecule has 0 N–H and O–H groups in total. The number of unbranched alkanes of at least 4 members (excludes halogenated alkanes) is 2. The largest absolute Gasteiger partial charge is 0.0888 e. The molecule has 0 saturated carbocycles. The predicted molar refractivity (Wildman–Crippen MR) is 52.2 cm³/mol. The molecule has 0 saturated heterocycles. The maximum absolute atomic E-state index is 2.42. The third kappa shape index (κ3) is 8.47. The van der Waals surface area contributed by atoms with Gasteiger partial charge in [-0.15, -0.1) is 0 Å². The minimum Gasteiger partial charge on any atom is -0.0888 e. The Bertz CT molecular complexity index is 67.0. The van der Waals surface area contributed by atoms with Crippen LogP contribution in [0.4, 0.5) is 0 Å². The van der Waals surface area contributed by atoms with Gasteiger partial charge in [0.2, 0.25) is 0 Å². The van der Waals surface area contributed by atoms with Crippen LogP contribution >= 0.6 is 22.6 Å². The van der Waals surface area contributed by atoms with E-state index < -0.39 is 0 Å². The molecule has 0 aliphatic heterocycles. The number of allylic oxidation sites excluding steroid dienone is 2. The first kappa shape index (κ1) is 9.47. The Morgan fingerprint density at radius 3 is 2.56 bits per heavy atom. The van der Waals surface area contributed by atoms with Crippen molar-refractivity contribution in [3.05, 3.63) is 12.2 Å². The standard InChI is InChI=1S/C8H15I/c1-2-3-4-5-6-7-8-9/h3-4H,2,5-8H2,1H3/b4-3-. The van der Waals surface area contributed by atoms with Crippen LogP contribution in [0.1, 0.15) is 32.6 Å². The lowest BCUT2D eigenvalue weighted by Crippen LogP contribution is -1.72.